The fraction of sp³-hybridized carbons (Fsp3) is 0.727. The van der Waals surface area contributed by atoms with E-state index >= 15 is 0 Å². The summed E-state index contributed by atoms with van der Waals surface area (Å²) in [6.07, 6.45) is 1.41. The Morgan fingerprint density at radius 2 is 2.00 bits per heavy atom. The largest absolute Gasteiger partial charge is 0.480 e. The van der Waals surface area contributed by atoms with Crippen LogP contribution in [0.15, 0.2) is 0 Å². The van der Waals surface area contributed by atoms with Crippen molar-refractivity contribution in [1.82, 2.24) is 4.90 Å². The van der Waals surface area contributed by atoms with E-state index in [1.807, 2.05) is 0 Å². The Balaban J connectivity index is 2.89. The number of thiocarbonyl (C=S) groups is 1. The van der Waals surface area contributed by atoms with Gasteiger partial charge in [0.1, 0.15) is 11.8 Å². The molecule has 0 bridgehead atoms. The Labute approximate surface area is 101 Å². The van der Waals surface area contributed by atoms with E-state index in [0.29, 0.717) is 18.0 Å². The van der Waals surface area contributed by atoms with Crippen LogP contribution in [0.4, 0.5) is 0 Å². The monoisotopic (exact) mass is 243 g/mol. The van der Waals surface area contributed by atoms with Gasteiger partial charge in [0.25, 0.3) is 0 Å². The zero-order valence-electron chi connectivity index (χ0n) is 9.82. The molecule has 0 saturated carbocycles. The van der Waals surface area contributed by atoms with Crippen molar-refractivity contribution in [3.63, 3.8) is 0 Å². The van der Waals surface area contributed by atoms with Crippen LogP contribution in [-0.2, 0) is 9.59 Å². The van der Waals surface area contributed by atoms with Crippen molar-refractivity contribution in [3.8, 4) is 0 Å². The number of nitrogens with zero attached hydrogens (tertiary/aromatic N) is 1. The Kier molecular flexibility index (Phi) is 3.68. The van der Waals surface area contributed by atoms with E-state index in [4.69, 9.17) is 17.3 Å². The van der Waals surface area contributed by atoms with Crippen molar-refractivity contribution in [2.45, 2.75) is 39.7 Å². The summed E-state index contributed by atoms with van der Waals surface area (Å²) in [4.78, 5) is 24.6. The van der Waals surface area contributed by atoms with Crippen molar-refractivity contribution in [1.29, 1.82) is 0 Å². The van der Waals surface area contributed by atoms with Crippen LogP contribution in [0.3, 0.4) is 0 Å². The second kappa shape index (κ2) is 4.49. The lowest BCUT2D eigenvalue weighted by atomic mass is 9.88. The molecule has 5 heteroatoms. The van der Waals surface area contributed by atoms with Crippen LogP contribution in [0.2, 0.25) is 0 Å². The molecular formula is C11H17NO3S. The number of carbonyl (C=O) groups is 2. The van der Waals surface area contributed by atoms with Gasteiger partial charge in [-0.15, -0.1) is 0 Å². The van der Waals surface area contributed by atoms with E-state index in [-0.39, 0.29) is 5.78 Å². The minimum Gasteiger partial charge on any atom is -0.480 e. The molecule has 90 valence electrons. The molecule has 0 aromatic rings. The van der Waals surface area contributed by atoms with Crippen LogP contribution < -0.4 is 0 Å². The van der Waals surface area contributed by atoms with Gasteiger partial charge in [-0.2, -0.15) is 0 Å². The Morgan fingerprint density at radius 1 is 1.44 bits per heavy atom. The number of hydrogen-bond acceptors (Lipinski definition) is 3. The van der Waals surface area contributed by atoms with Gasteiger partial charge in [0.05, 0.1) is 10.4 Å². The lowest BCUT2D eigenvalue weighted by Gasteiger charge is -2.33. The first-order chi connectivity index (χ1) is 7.28. The summed E-state index contributed by atoms with van der Waals surface area (Å²) in [6, 6.07) is -0.564. The molecule has 1 heterocycles. The van der Waals surface area contributed by atoms with Crippen LogP contribution in [0, 0.1) is 5.41 Å². The fourth-order valence-electron chi connectivity index (χ4n) is 1.78. The van der Waals surface area contributed by atoms with Gasteiger partial charge in [-0.3, -0.25) is 4.79 Å². The number of carboxylic acid groups (broad SMARTS) is 1. The summed E-state index contributed by atoms with van der Waals surface area (Å²) in [7, 11) is 0. The molecule has 4 nitrogen and oxygen atoms in total. The number of rotatable bonds is 3. The third-order valence-corrected chi connectivity index (χ3v) is 3.96. The molecule has 1 saturated heterocycles. The summed E-state index contributed by atoms with van der Waals surface area (Å²) in [5.74, 6) is -0.896. The van der Waals surface area contributed by atoms with E-state index in [9.17, 15) is 9.59 Å². The van der Waals surface area contributed by atoms with Crippen molar-refractivity contribution >= 4 is 29.0 Å². The highest BCUT2D eigenvalue weighted by Crippen LogP contribution is 2.28. The average molecular weight is 243 g/mol. The van der Waals surface area contributed by atoms with Crippen LogP contribution >= 0.6 is 12.2 Å². The number of Topliss-reactive ketones (excluding diaryl/α,β-unsaturated/α-hetero) is 1. The number of hydrogen-bond donors (Lipinski definition) is 1. The van der Waals surface area contributed by atoms with Gasteiger partial charge in [0, 0.05) is 6.54 Å². The molecule has 0 aliphatic carbocycles. The molecule has 1 rings (SSSR count). The number of likely N-dealkylation sites (tertiary alicyclic amines) is 1. The maximum Gasteiger partial charge on any atom is 0.326 e. The normalized spacial score (nSPS) is 20.9. The van der Waals surface area contributed by atoms with E-state index in [1.165, 1.54) is 6.92 Å². The van der Waals surface area contributed by atoms with E-state index in [0.717, 1.165) is 6.42 Å². The van der Waals surface area contributed by atoms with Crippen LogP contribution in [0.5, 0.6) is 0 Å². The first-order valence-corrected chi connectivity index (χ1v) is 5.74. The molecule has 0 radical (unpaired) electrons. The standard InChI is InChI=1S/C11H17NO3S/c1-7(13)11(2,3)10(16)12-6-4-5-8(12)9(14)15/h8H,4-6H2,1-3H3,(H,14,15)/t8-/m0/s1. The topological polar surface area (TPSA) is 57.6 Å². The zero-order valence-corrected chi connectivity index (χ0v) is 10.6. The van der Waals surface area contributed by atoms with Gasteiger partial charge in [0.2, 0.25) is 0 Å². The molecular weight excluding hydrogens is 226 g/mol. The van der Waals surface area contributed by atoms with Crippen LogP contribution in [0.1, 0.15) is 33.6 Å². The number of ketones is 1. The SMILES string of the molecule is CC(=O)C(C)(C)C(=S)N1CCC[C@H]1C(=O)O. The summed E-state index contributed by atoms with van der Waals surface area (Å²) >= 11 is 5.26. The van der Waals surface area contributed by atoms with Gasteiger partial charge in [-0.05, 0) is 33.6 Å². The molecule has 1 N–H and O–H groups in total. The van der Waals surface area contributed by atoms with Gasteiger partial charge in [-0.25, -0.2) is 4.79 Å². The minimum atomic E-state index is -0.862. The maximum absolute atomic E-state index is 11.5. The summed E-state index contributed by atoms with van der Waals surface area (Å²) in [6.45, 7) is 5.61. The number of aliphatic carboxylic acids is 1. The van der Waals surface area contributed by atoms with Gasteiger partial charge >= 0.3 is 5.97 Å². The minimum absolute atomic E-state index is 0.0338. The molecule has 0 unspecified atom stereocenters. The molecule has 0 spiro atoms. The molecule has 16 heavy (non-hydrogen) atoms. The van der Waals surface area contributed by atoms with Gasteiger partial charge in [-0.1, -0.05) is 12.2 Å². The Hall–Kier alpha value is -0.970. The predicted molar refractivity (Wildman–Crippen MR) is 64.4 cm³/mol. The third kappa shape index (κ3) is 2.24. The molecule has 1 atom stereocenters. The second-order valence-corrected chi connectivity index (χ2v) is 5.06. The predicted octanol–water partition coefficient (Wildman–Crippen LogP) is 1.48. The molecule has 0 aromatic heterocycles. The van der Waals surface area contributed by atoms with Crippen LogP contribution in [0.25, 0.3) is 0 Å². The average Bonchev–Trinajstić information content (AvgIpc) is 2.64. The van der Waals surface area contributed by atoms with Gasteiger partial charge < -0.3 is 10.0 Å². The fourth-order valence-corrected chi connectivity index (χ4v) is 2.14. The smallest absolute Gasteiger partial charge is 0.326 e. The lowest BCUT2D eigenvalue weighted by molar-refractivity contribution is -0.141. The zero-order chi connectivity index (χ0) is 12.5. The van der Waals surface area contributed by atoms with Crippen molar-refractivity contribution < 1.29 is 14.7 Å². The summed E-state index contributed by atoms with van der Waals surface area (Å²) in [5.41, 5.74) is -0.757. The van der Waals surface area contributed by atoms with Crippen LogP contribution in [-0.4, -0.2) is 39.3 Å². The summed E-state index contributed by atoms with van der Waals surface area (Å²) in [5, 5.41) is 9.05. The molecule has 1 aliphatic heterocycles. The molecule has 0 amide bonds. The third-order valence-electron chi connectivity index (χ3n) is 3.21. The highest BCUT2D eigenvalue weighted by atomic mass is 32.1. The molecule has 1 aliphatic rings. The van der Waals surface area contributed by atoms with Gasteiger partial charge in [0.15, 0.2) is 0 Å². The second-order valence-electron chi connectivity index (χ2n) is 4.68. The maximum atomic E-state index is 11.5. The number of carbonyl (C=O) groups excluding carboxylic acids is 1. The molecule has 0 aromatic carbocycles. The summed E-state index contributed by atoms with van der Waals surface area (Å²) < 4.78 is 0. The quantitative estimate of drug-likeness (QED) is 0.761. The van der Waals surface area contributed by atoms with E-state index < -0.39 is 17.4 Å². The highest BCUT2D eigenvalue weighted by Gasteiger charge is 2.39. The van der Waals surface area contributed by atoms with Crippen molar-refractivity contribution in [2.75, 3.05) is 6.54 Å². The first kappa shape index (κ1) is 13.1. The van der Waals surface area contributed by atoms with E-state index in [2.05, 4.69) is 0 Å². The highest BCUT2D eigenvalue weighted by molar-refractivity contribution is 7.80. The Morgan fingerprint density at radius 3 is 2.44 bits per heavy atom. The van der Waals surface area contributed by atoms with Crippen molar-refractivity contribution in [2.24, 2.45) is 5.41 Å². The number of carboxylic acids is 1. The lowest BCUT2D eigenvalue weighted by Crippen LogP contribution is -2.47. The molecule has 1 fully saturated rings. The van der Waals surface area contributed by atoms with E-state index in [1.54, 1.807) is 18.7 Å². The Bertz CT molecular complexity index is 338. The first-order valence-electron chi connectivity index (χ1n) is 5.33. The van der Waals surface area contributed by atoms with Crippen molar-refractivity contribution in [3.05, 3.63) is 0 Å².